The highest BCUT2D eigenvalue weighted by Gasteiger charge is 2.30. The number of aromatic nitrogens is 2. The van der Waals surface area contributed by atoms with E-state index in [4.69, 9.17) is 0 Å². The summed E-state index contributed by atoms with van der Waals surface area (Å²) < 4.78 is 56.3. The van der Waals surface area contributed by atoms with Crippen LogP contribution in [0.25, 0.3) is 5.69 Å². The Bertz CT molecular complexity index is 1400. The molecule has 2 aromatic carbocycles. The predicted octanol–water partition coefficient (Wildman–Crippen LogP) is 3.15. The summed E-state index contributed by atoms with van der Waals surface area (Å²) in [6.07, 6.45) is 4.48. The summed E-state index contributed by atoms with van der Waals surface area (Å²) in [5, 5.41) is 4.26. The van der Waals surface area contributed by atoms with E-state index >= 15 is 0 Å². The minimum absolute atomic E-state index is 0.0177. The van der Waals surface area contributed by atoms with Gasteiger partial charge >= 0.3 is 0 Å². The molecule has 0 unspecified atom stereocenters. The molecular formula is C26H29F2N5O3S. The fourth-order valence-corrected chi connectivity index (χ4v) is 6.53. The van der Waals surface area contributed by atoms with Crippen molar-refractivity contribution in [3.05, 3.63) is 82.3 Å². The topological polar surface area (TPSA) is 78.8 Å². The van der Waals surface area contributed by atoms with Crippen LogP contribution in [0.3, 0.4) is 0 Å². The molecule has 196 valence electrons. The lowest BCUT2D eigenvalue weighted by Gasteiger charge is -2.38. The van der Waals surface area contributed by atoms with Crippen molar-refractivity contribution in [1.82, 2.24) is 14.1 Å². The van der Waals surface area contributed by atoms with Gasteiger partial charge in [0.1, 0.15) is 17.3 Å². The van der Waals surface area contributed by atoms with Gasteiger partial charge in [0.2, 0.25) is 10.0 Å². The molecule has 0 aliphatic carbocycles. The molecule has 0 N–H and O–H groups in total. The molecular weight excluding hydrogens is 500 g/mol. The second-order valence-electron chi connectivity index (χ2n) is 9.40. The number of piperazine rings is 1. The van der Waals surface area contributed by atoms with Crippen molar-refractivity contribution in [2.75, 3.05) is 49.1 Å². The molecule has 2 aliphatic heterocycles. The first-order valence-corrected chi connectivity index (χ1v) is 14.0. The maximum atomic E-state index is 13.9. The van der Waals surface area contributed by atoms with E-state index in [1.54, 1.807) is 18.3 Å². The fourth-order valence-electron chi connectivity index (χ4n) is 5.01. The summed E-state index contributed by atoms with van der Waals surface area (Å²) >= 11 is 0. The summed E-state index contributed by atoms with van der Waals surface area (Å²) in [4.78, 5) is 17.6. The number of nitrogens with zero attached hydrogens (tertiary/aromatic N) is 5. The number of rotatable bonds is 6. The lowest BCUT2D eigenvalue weighted by atomic mass is 10.1. The number of anilines is 2. The van der Waals surface area contributed by atoms with Gasteiger partial charge in [0, 0.05) is 45.3 Å². The Morgan fingerprint density at radius 1 is 0.811 bits per heavy atom. The van der Waals surface area contributed by atoms with Crippen molar-refractivity contribution in [2.45, 2.75) is 25.0 Å². The zero-order valence-electron chi connectivity index (χ0n) is 20.4. The minimum Gasteiger partial charge on any atom is -0.366 e. The number of sulfonamides is 1. The van der Waals surface area contributed by atoms with Gasteiger partial charge < -0.3 is 9.80 Å². The molecule has 0 saturated carbocycles. The molecule has 11 heteroatoms. The Hall–Kier alpha value is -3.31. The highest BCUT2D eigenvalue weighted by molar-refractivity contribution is 7.88. The van der Waals surface area contributed by atoms with Crippen molar-refractivity contribution >= 4 is 21.4 Å². The Labute approximate surface area is 214 Å². The molecule has 0 amide bonds. The summed E-state index contributed by atoms with van der Waals surface area (Å²) in [5.41, 5.74) is 1.34. The first-order valence-electron chi connectivity index (χ1n) is 12.4. The molecule has 8 nitrogen and oxygen atoms in total. The third kappa shape index (κ3) is 5.52. The van der Waals surface area contributed by atoms with E-state index in [9.17, 15) is 22.0 Å². The standard InChI is InChI=1S/C26H29F2N5O3S/c27-21-15-22(28)17-23(16-21)33-26(34)25(31-9-5-2-6-10-31)24(18-29-33)30-11-13-32(14-12-30)37(35,36)19-20-7-3-1-4-8-20/h1,3-4,7-8,15-18H,2,5-6,9-14,19H2. The predicted molar refractivity (Wildman–Crippen MR) is 139 cm³/mol. The van der Waals surface area contributed by atoms with Crippen LogP contribution < -0.4 is 15.4 Å². The van der Waals surface area contributed by atoms with Crippen molar-refractivity contribution in [3.63, 3.8) is 0 Å². The lowest BCUT2D eigenvalue weighted by Crippen LogP contribution is -2.50. The zero-order chi connectivity index (χ0) is 26.0. The molecule has 2 fully saturated rings. The number of hydrogen-bond donors (Lipinski definition) is 0. The third-order valence-corrected chi connectivity index (χ3v) is 8.71. The van der Waals surface area contributed by atoms with E-state index in [1.165, 1.54) is 4.31 Å². The third-order valence-electron chi connectivity index (χ3n) is 6.86. The number of hydrogen-bond acceptors (Lipinski definition) is 6. The zero-order valence-corrected chi connectivity index (χ0v) is 21.2. The number of piperidine rings is 1. The molecule has 37 heavy (non-hydrogen) atoms. The van der Waals surface area contributed by atoms with Crippen LogP contribution in [-0.2, 0) is 15.8 Å². The maximum absolute atomic E-state index is 13.9. The number of halogens is 2. The first kappa shape index (κ1) is 25.3. The molecule has 0 spiro atoms. The molecule has 5 rings (SSSR count). The SMILES string of the molecule is O=c1c(N2CCCCC2)c(N2CCN(S(=O)(=O)Cc3ccccc3)CC2)cnn1-c1cc(F)cc(F)c1. The molecule has 3 heterocycles. The van der Waals surface area contributed by atoms with Gasteiger partial charge in [-0.2, -0.15) is 14.1 Å². The van der Waals surface area contributed by atoms with Crippen molar-refractivity contribution < 1.29 is 17.2 Å². The van der Waals surface area contributed by atoms with Crippen LogP contribution >= 0.6 is 0 Å². The van der Waals surface area contributed by atoms with Gasteiger partial charge in [-0.1, -0.05) is 30.3 Å². The first-order chi connectivity index (χ1) is 17.8. The van der Waals surface area contributed by atoms with E-state index in [0.717, 1.165) is 47.7 Å². The number of benzene rings is 2. The Morgan fingerprint density at radius 2 is 1.46 bits per heavy atom. The van der Waals surface area contributed by atoms with E-state index in [2.05, 4.69) is 5.10 Å². The minimum atomic E-state index is -3.49. The molecule has 2 saturated heterocycles. The average Bonchev–Trinajstić information content (AvgIpc) is 2.89. The van der Waals surface area contributed by atoms with Gasteiger partial charge in [-0.05, 0) is 37.0 Å². The molecule has 0 bridgehead atoms. The van der Waals surface area contributed by atoms with Crippen molar-refractivity contribution in [1.29, 1.82) is 0 Å². The smallest absolute Gasteiger partial charge is 0.297 e. The second-order valence-corrected chi connectivity index (χ2v) is 11.4. The van der Waals surface area contributed by atoms with Crippen LogP contribution in [0.2, 0.25) is 0 Å². The van der Waals surface area contributed by atoms with Crippen LogP contribution in [0.4, 0.5) is 20.2 Å². The van der Waals surface area contributed by atoms with Gasteiger partial charge in [-0.3, -0.25) is 4.79 Å². The monoisotopic (exact) mass is 529 g/mol. The van der Waals surface area contributed by atoms with Crippen LogP contribution in [-0.4, -0.2) is 61.8 Å². The van der Waals surface area contributed by atoms with Gasteiger partial charge in [0.15, 0.2) is 0 Å². The van der Waals surface area contributed by atoms with Crippen molar-refractivity contribution in [3.8, 4) is 5.69 Å². The van der Waals surface area contributed by atoms with Crippen LogP contribution in [0, 0.1) is 11.6 Å². The summed E-state index contributed by atoms with van der Waals surface area (Å²) in [6, 6.07) is 12.0. The largest absolute Gasteiger partial charge is 0.366 e. The Kier molecular flexibility index (Phi) is 7.25. The van der Waals surface area contributed by atoms with Crippen LogP contribution in [0.15, 0.2) is 59.5 Å². The van der Waals surface area contributed by atoms with Crippen molar-refractivity contribution in [2.24, 2.45) is 0 Å². The maximum Gasteiger partial charge on any atom is 0.297 e. The van der Waals surface area contributed by atoms with E-state index in [-0.39, 0.29) is 24.5 Å². The van der Waals surface area contributed by atoms with E-state index < -0.39 is 27.2 Å². The van der Waals surface area contributed by atoms with E-state index in [1.807, 2.05) is 28.0 Å². The highest BCUT2D eigenvalue weighted by Crippen LogP contribution is 2.29. The normalized spacial score (nSPS) is 17.2. The van der Waals surface area contributed by atoms with Crippen LogP contribution in [0.5, 0.6) is 0 Å². The van der Waals surface area contributed by atoms with Gasteiger partial charge in [0.25, 0.3) is 5.56 Å². The highest BCUT2D eigenvalue weighted by atomic mass is 32.2. The molecule has 3 aromatic rings. The van der Waals surface area contributed by atoms with Gasteiger partial charge in [-0.25, -0.2) is 17.2 Å². The molecule has 0 atom stereocenters. The van der Waals surface area contributed by atoms with Gasteiger partial charge in [-0.15, -0.1) is 0 Å². The van der Waals surface area contributed by atoms with E-state index in [0.29, 0.717) is 37.6 Å². The Balaban J connectivity index is 1.42. The Morgan fingerprint density at radius 3 is 2.11 bits per heavy atom. The summed E-state index contributed by atoms with van der Waals surface area (Å²) in [5.74, 6) is -1.64. The summed E-state index contributed by atoms with van der Waals surface area (Å²) in [7, 11) is -3.49. The molecule has 1 aromatic heterocycles. The lowest BCUT2D eigenvalue weighted by molar-refractivity contribution is 0.384. The summed E-state index contributed by atoms with van der Waals surface area (Å²) in [6.45, 7) is 2.74. The quantitative estimate of drug-likeness (QED) is 0.488. The second kappa shape index (κ2) is 10.6. The average molecular weight is 530 g/mol. The molecule has 0 radical (unpaired) electrons. The molecule has 2 aliphatic rings. The fraction of sp³-hybridized carbons (Fsp3) is 0.385. The van der Waals surface area contributed by atoms with Gasteiger partial charge in [0.05, 0.1) is 23.3 Å². The van der Waals surface area contributed by atoms with Crippen LogP contribution in [0.1, 0.15) is 24.8 Å².